The van der Waals surface area contributed by atoms with Gasteiger partial charge in [0.25, 0.3) is 17.5 Å². The quantitative estimate of drug-likeness (QED) is 0.231. The minimum Gasteiger partial charge on any atom is -0.494 e. The molecule has 0 bridgehead atoms. The predicted octanol–water partition coefficient (Wildman–Crippen LogP) is 4.80. The Hall–Kier alpha value is -4.07. The Labute approximate surface area is 184 Å². The Bertz CT molecular complexity index is 1230. The summed E-state index contributed by atoms with van der Waals surface area (Å²) >= 11 is 0. The summed E-state index contributed by atoms with van der Waals surface area (Å²) in [5, 5.41) is 16.8. The van der Waals surface area contributed by atoms with Crippen LogP contribution in [0, 0.1) is 16.0 Å². The van der Waals surface area contributed by atoms with Gasteiger partial charge in [0.2, 0.25) is 0 Å². The molecule has 0 saturated heterocycles. The van der Waals surface area contributed by atoms with Crippen LogP contribution < -0.4 is 4.74 Å². The van der Waals surface area contributed by atoms with Gasteiger partial charge in [-0.2, -0.15) is 10.1 Å². The summed E-state index contributed by atoms with van der Waals surface area (Å²) in [5.74, 6) is 0.0373. The number of hydrogen-bond acceptors (Lipinski definition) is 6. The van der Waals surface area contributed by atoms with Crippen molar-refractivity contribution in [3.05, 3.63) is 81.4 Å². The summed E-state index contributed by atoms with van der Waals surface area (Å²) in [6, 6.07) is 14.4. The number of nitro groups is 1. The van der Waals surface area contributed by atoms with Crippen LogP contribution in [-0.2, 0) is 0 Å². The van der Waals surface area contributed by atoms with Crippen LogP contribution >= 0.6 is 0 Å². The highest BCUT2D eigenvalue weighted by molar-refractivity contribution is 6.26. The Morgan fingerprint density at radius 3 is 2.38 bits per heavy atom. The molecule has 0 N–H and O–H groups in total. The molecule has 0 spiro atoms. The van der Waals surface area contributed by atoms with E-state index >= 15 is 0 Å². The van der Waals surface area contributed by atoms with Gasteiger partial charge in [0.1, 0.15) is 5.75 Å². The van der Waals surface area contributed by atoms with E-state index in [4.69, 9.17) is 4.74 Å². The first kappa shape index (κ1) is 21.2. The van der Waals surface area contributed by atoms with E-state index in [1.54, 1.807) is 30.3 Å². The average molecular weight is 431 g/mol. The number of imide groups is 1. The average Bonchev–Trinajstić information content (AvgIpc) is 2.77. The summed E-state index contributed by atoms with van der Waals surface area (Å²) in [5.41, 5.74) is 0.937. The van der Waals surface area contributed by atoms with Crippen LogP contribution in [0.1, 0.15) is 46.5 Å². The molecule has 4 rings (SSSR count). The standard InChI is InChI=1S/C24H21N3O5/c1-15(2)12-13-32-17-8-6-16(7-9-17)14-25-26-23(28)19-5-3-4-18-21(27(30)31)11-10-20(22(18)19)24(26)29/h3-11,14-15H,12-13H2,1-2H3. The van der Waals surface area contributed by atoms with Crippen molar-refractivity contribution < 1.29 is 19.2 Å². The van der Waals surface area contributed by atoms with Crippen LogP contribution in [0.5, 0.6) is 5.75 Å². The largest absolute Gasteiger partial charge is 0.494 e. The fraction of sp³-hybridized carbons (Fsp3) is 0.208. The number of amides is 2. The van der Waals surface area contributed by atoms with E-state index in [0.29, 0.717) is 18.1 Å². The first-order valence-electron chi connectivity index (χ1n) is 10.2. The van der Waals surface area contributed by atoms with Gasteiger partial charge in [0.05, 0.1) is 34.3 Å². The smallest absolute Gasteiger partial charge is 0.282 e. The highest BCUT2D eigenvalue weighted by Gasteiger charge is 2.34. The second-order valence-electron chi connectivity index (χ2n) is 7.88. The number of ether oxygens (including phenoxy) is 1. The number of carbonyl (C=O) groups excluding carboxylic acids is 2. The molecule has 3 aromatic rings. The molecule has 2 amide bonds. The van der Waals surface area contributed by atoms with Crippen molar-refractivity contribution >= 4 is 34.5 Å². The number of rotatable bonds is 7. The van der Waals surface area contributed by atoms with Crippen LogP contribution in [0.3, 0.4) is 0 Å². The molecule has 162 valence electrons. The number of nitro benzene ring substituents is 1. The summed E-state index contributed by atoms with van der Waals surface area (Å²) in [4.78, 5) is 36.7. The van der Waals surface area contributed by atoms with Crippen molar-refractivity contribution in [1.82, 2.24) is 5.01 Å². The van der Waals surface area contributed by atoms with E-state index in [0.717, 1.165) is 17.2 Å². The molecule has 0 radical (unpaired) electrons. The highest BCUT2D eigenvalue weighted by Crippen LogP contribution is 2.35. The monoisotopic (exact) mass is 431 g/mol. The van der Waals surface area contributed by atoms with Gasteiger partial charge in [-0.1, -0.05) is 19.9 Å². The molecule has 0 unspecified atom stereocenters. The van der Waals surface area contributed by atoms with Crippen LogP contribution in [0.15, 0.2) is 59.7 Å². The maximum absolute atomic E-state index is 12.9. The molecular weight excluding hydrogens is 410 g/mol. The molecular formula is C24H21N3O5. The highest BCUT2D eigenvalue weighted by atomic mass is 16.6. The SMILES string of the molecule is CC(C)CCOc1ccc(C=NN2C(=O)c3cccc4c([N+](=O)[O-])ccc(c34)C2=O)cc1. The third kappa shape index (κ3) is 3.94. The topological polar surface area (TPSA) is 102 Å². The third-order valence-electron chi connectivity index (χ3n) is 5.23. The normalized spacial score (nSPS) is 13.4. The van der Waals surface area contributed by atoms with Gasteiger partial charge in [-0.3, -0.25) is 19.7 Å². The molecule has 0 atom stereocenters. The van der Waals surface area contributed by atoms with Crippen LogP contribution in [0.25, 0.3) is 10.8 Å². The van der Waals surface area contributed by atoms with Gasteiger partial charge in [-0.25, -0.2) is 0 Å². The number of carbonyl (C=O) groups is 2. The summed E-state index contributed by atoms with van der Waals surface area (Å²) in [7, 11) is 0. The lowest BCUT2D eigenvalue weighted by Crippen LogP contribution is -2.36. The van der Waals surface area contributed by atoms with Crippen LogP contribution in [0.2, 0.25) is 0 Å². The number of nitrogens with zero attached hydrogens (tertiary/aromatic N) is 3. The summed E-state index contributed by atoms with van der Waals surface area (Å²) in [6.45, 7) is 4.89. The fourth-order valence-corrected chi connectivity index (χ4v) is 3.52. The zero-order chi connectivity index (χ0) is 22.8. The molecule has 1 aliphatic rings. The molecule has 1 heterocycles. The lowest BCUT2D eigenvalue weighted by molar-refractivity contribution is -0.383. The number of non-ortho nitro benzene ring substituents is 1. The van der Waals surface area contributed by atoms with E-state index in [2.05, 4.69) is 18.9 Å². The van der Waals surface area contributed by atoms with Gasteiger partial charge in [0.15, 0.2) is 0 Å². The van der Waals surface area contributed by atoms with Gasteiger partial charge in [-0.15, -0.1) is 0 Å². The minimum atomic E-state index is -0.626. The Morgan fingerprint density at radius 2 is 1.72 bits per heavy atom. The Kier molecular flexibility index (Phi) is 5.68. The van der Waals surface area contributed by atoms with Gasteiger partial charge < -0.3 is 4.74 Å². The molecule has 1 aliphatic heterocycles. The van der Waals surface area contributed by atoms with Crippen molar-refractivity contribution in [2.45, 2.75) is 20.3 Å². The second kappa shape index (κ2) is 8.58. The van der Waals surface area contributed by atoms with E-state index in [1.807, 2.05) is 0 Å². The molecule has 0 aromatic heterocycles. The Balaban J connectivity index is 1.58. The zero-order valence-electron chi connectivity index (χ0n) is 17.6. The molecule has 0 aliphatic carbocycles. The lowest BCUT2D eigenvalue weighted by Gasteiger charge is -2.22. The zero-order valence-corrected chi connectivity index (χ0v) is 17.6. The fourth-order valence-electron chi connectivity index (χ4n) is 3.52. The number of hydrogen-bond donors (Lipinski definition) is 0. The van der Waals surface area contributed by atoms with Gasteiger partial charge in [-0.05, 0) is 60.4 Å². The maximum Gasteiger partial charge on any atom is 0.282 e. The molecule has 8 heteroatoms. The first-order valence-corrected chi connectivity index (χ1v) is 10.2. The molecule has 32 heavy (non-hydrogen) atoms. The van der Waals surface area contributed by atoms with Gasteiger partial charge in [0, 0.05) is 11.5 Å². The maximum atomic E-state index is 12.9. The Morgan fingerprint density at radius 1 is 1.03 bits per heavy atom. The number of benzene rings is 3. The van der Waals surface area contributed by atoms with Crippen molar-refractivity contribution in [3.8, 4) is 5.75 Å². The van der Waals surface area contributed by atoms with E-state index in [1.165, 1.54) is 30.5 Å². The van der Waals surface area contributed by atoms with Crippen molar-refractivity contribution in [3.63, 3.8) is 0 Å². The molecule has 8 nitrogen and oxygen atoms in total. The van der Waals surface area contributed by atoms with Crippen molar-refractivity contribution in [2.75, 3.05) is 6.61 Å². The first-order chi connectivity index (χ1) is 15.4. The molecule has 3 aromatic carbocycles. The third-order valence-corrected chi connectivity index (χ3v) is 5.23. The van der Waals surface area contributed by atoms with Crippen molar-refractivity contribution in [2.24, 2.45) is 11.0 Å². The second-order valence-corrected chi connectivity index (χ2v) is 7.88. The minimum absolute atomic E-state index is 0.154. The molecule has 0 saturated carbocycles. The predicted molar refractivity (Wildman–Crippen MR) is 120 cm³/mol. The van der Waals surface area contributed by atoms with E-state index < -0.39 is 16.7 Å². The van der Waals surface area contributed by atoms with Crippen LogP contribution in [0.4, 0.5) is 5.69 Å². The van der Waals surface area contributed by atoms with Gasteiger partial charge >= 0.3 is 0 Å². The summed E-state index contributed by atoms with van der Waals surface area (Å²) in [6.07, 6.45) is 2.38. The summed E-state index contributed by atoms with van der Waals surface area (Å²) < 4.78 is 5.69. The van der Waals surface area contributed by atoms with E-state index in [-0.39, 0.29) is 27.6 Å². The van der Waals surface area contributed by atoms with Crippen molar-refractivity contribution in [1.29, 1.82) is 0 Å². The molecule has 0 fully saturated rings. The number of hydrazone groups is 1. The lowest BCUT2D eigenvalue weighted by atomic mass is 9.94. The van der Waals surface area contributed by atoms with Crippen LogP contribution in [-0.4, -0.2) is 34.6 Å². The van der Waals surface area contributed by atoms with E-state index in [9.17, 15) is 19.7 Å².